The smallest absolute Gasteiger partial charge is 0.246 e. The second-order valence-corrected chi connectivity index (χ2v) is 6.55. The van der Waals surface area contributed by atoms with Crippen LogP contribution < -0.4 is 10.4 Å². The number of amides is 1. The van der Waals surface area contributed by atoms with Crippen molar-refractivity contribution in [1.82, 2.24) is 14.8 Å². The Labute approximate surface area is 146 Å². The summed E-state index contributed by atoms with van der Waals surface area (Å²) in [5, 5.41) is 0.949. The van der Waals surface area contributed by atoms with Crippen LogP contribution in [-0.4, -0.2) is 35.0 Å². The molecule has 7 heteroatoms. The summed E-state index contributed by atoms with van der Waals surface area (Å²) in [7, 11) is 0. The average molecular weight is 346 g/mol. The first-order valence-corrected chi connectivity index (χ1v) is 9.06. The second kappa shape index (κ2) is 8.21. The average Bonchev–Trinajstić information content (AvgIpc) is 3.09. The van der Waals surface area contributed by atoms with Crippen LogP contribution in [0.4, 0.5) is 5.13 Å². The number of nitrogens with one attached hydrogen (secondary N) is 1. The van der Waals surface area contributed by atoms with E-state index in [1.54, 1.807) is 0 Å². The van der Waals surface area contributed by atoms with E-state index in [9.17, 15) is 4.79 Å². The summed E-state index contributed by atoms with van der Waals surface area (Å²) < 4.78 is 4.47. The molecule has 3 rings (SSSR count). The fourth-order valence-electron chi connectivity index (χ4n) is 2.78. The lowest BCUT2D eigenvalue weighted by Crippen LogP contribution is -2.40. The molecular weight excluding hydrogens is 324 g/mol. The Morgan fingerprint density at radius 2 is 2.08 bits per heavy atom. The molecule has 0 spiro atoms. The number of hydrogen-bond acceptors (Lipinski definition) is 6. The highest BCUT2D eigenvalue weighted by Crippen LogP contribution is 2.25. The van der Waals surface area contributed by atoms with E-state index in [0.29, 0.717) is 6.61 Å². The van der Waals surface area contributed by atoms with Crippen LogP contribution in [0, 0.1) is 5.92 Å². The number of hydrogen-bond donors (Lipinski definition) is 1. The summed E-state index contributed by atoms with van der Waals surface area (Å²) in [5.41, 5.74) is 3.72. The Bertz CT molecular complexity index is 654. The van der Waals surface area contributed by atoms with Crippen LogP contribution in [0.5, 0.6) is 0 Å². The minimum absolute atomic E-state index is 0.0152. The molecule has 0 unspecified atom stereocenters. The molecule has 1 N–H and O–H groups in total. The standard InChI is InChI=1S/C17H22N4O2S/c1-2-23-19-16(22)14-8-10-21(11-9-14)17-18-15(20-24-17)12-13-6-4-3-5-7-13/h3-7,14H,2,8-12H2,1H3,(H,19,22). The van der Waals surface area contributed by atoms with Gasteiger partial charge in [-0.3, -0.25) is 9.63 Å². The third-order valence-corrected chi connectivity index (χ3v) is 4.93. The molecule has 1 aliphatic rings. The molecule has 0 aliphatic carbocycles. The number of rotatable bonds is 6. The predicted octanol–water partition coefficient (Wildman–Crippen LogP) is 2.41. The van der Waals surface area contributed by atoms with Crippen molar-refractivity contribution in [2.45, 2.75) is 26.2 Å². The first-order chi connectivity index (χ1) is 11.8. The molecule has 0 saturated carbocycles. The summed E-state index contributed by atoms with van der Waals surface area (Å²) in [6, 6.07) is 10.2. The molecule has 1 aromatic carbocycles. The topological polar surface area (TPSA) is 67.3 Å². The Morgan fingerprint density at radius 1 is 1.33 bits per heavy atom. The molecule has 1 saturated heterocycles. The highest BCUT2D eigenvalue weighted by molar-refractivity contribution is 7.09. The Kier molecular flexibility index (Phi) is 5.77. The quantitative estimate of drug-likeness (QED) is 0.814. The maximum atomic E-state index is 11.9. The van der Waals surface area contributed by atoms with Gasteiger partial charge in [0.25, 0.3) is 0 Å². The first kappa shape index (κ1) is 16.9. The van der Waals surface area contributed by atoms with Crippen molar-refractivity contribution in [3.8, 4) is 0 Å². The fraction of sp³-hybridized carbons (Fsp3) is 0.471. The molecule has 1 fully saturated rings. The summed E-state index contributed by atoms with van der Waals surface area (Å²) in [6.07, 6.45) is 2.38. The highest BCUT2D eigenvalue weighted by Gasteiger charge is 2.26. The van der Waals surface area contributed by atoms with Crippen LogP contribution >= 0.6 is 11.5 Å². The molecule has 24 heavy (non-hydrogen) atoms. The number of nitrogens with zero attached hydrogens (tertiary/aromatic N) is 3. The van der Waals surface area contributed by atoms with E-state index >= 15 is 0 Å². The van der Waals surface area contributed by atoms with Crippen molar-refractivity contribution in [2.24, 2.45) is 5.92 Å². The summed E-state index contributed by atoms with van der Waals surface area (Å²) >= 11 is 1.44. The molecule has 1 aromatic heterocycles. The van der Waals surface area contributed by atoms with Crippen molar-refractivity contribution < 1.29 is 9.63 Å². The van der Waals surface area contributed by atoms with Crippen LogP contribution in [0.2, 0.25) is 0 Å². The van der Waals surface area contributed by atoms with Gasteiger partial charge in [0, 0.05) is 37.0 Å². The van der Waals surface area contributed by atoms with E-state index in [0.717, 1.165) is 43.3 Å². The normalized spacial score (nSPS) is 15.5. The van der Waals surface area contributed by atoms with E-state index in [1.165, 1.54) is 17.1 Å². The molecule has 2 heterocycles. The van der Waals surface area contributed by atoms with Gasteiger partial charge < -0.3 is 4.90 Å². The van der Waals surface area contributed by atoms with Gasteiger partial charge in [0.2, 0.25) is 11.0 Å². The Hall–Kier alpha value is -1.99. The van der Waals surface area contributed by atoms with Gasteiger partial charge in [0.05, 0.1) is 6.61 Å². The molecule has 6 nitrogen and oxygen atoms in total. The number of piperidine rings is 1. The molecule has 0 bridgehead atoms. The van der Waals surface area contributed by atoms with Gasteiger partial charge in [-0.15, -0.1) is 0 Å². The molecule has 2 aromatic rings. The van der Waals surface area contributed by atoms with Crippen molar-refractivity contribution in [2.75, 3.05) is 24.6 Å². The second-order valence-electron chi connectivity index (χ2n) is 5.82. The first-order valence-electron chi connectivity index (χ1n) is 8.29. The Balaban J connectivity index is 1.53. The zero-order valence-corrected chi connectivity index (χ0v) is 14.6. The highest BCUT2D eigenvalue weighted by atomic mass is 32.1. The van der Waals surface area contributed by atoms with Crippen molar-refractivity contribution in [1.29, 1.82) is 0 Å². The van der Waals surface area contributed by atoms with Gasteiger partial charge >= 0.3 is 0 Å². The maximum Gasteiger partial charge on any atom is 0.246 e. The van der Waals surface area contributed by atoms with Crippen LogP contribution in [-0.2, 0) is 16.1 Å². The zero-order chi connectivity index (χ0) is 16.8. The van der Waals surface area contributed by atoms with E-state index in [1.807, 2.05) is 25.1 Å². The van der Waals surface area contributed by atoms with Crippen molar-refractivity contribution in [3.05, 3.63) is 41.7 Å². The van der Waals surface area contributed by atoms with E-state index < -0.39 is 0 Å². The summed E-state index contributed by atoms with van der Waals surface area (Å²) in [5.74, 6) is 0.862. The number of carbonyl (C=O) groups excluding carboxylic acids is 1. The van der Waals surface area contributed by atoms with Gasteiger partial charge in [0.1, 0.15) is 5.82 Å². The maximum absolute atomic E-state index is 11.9. The van der Waals surface area contributed by atoms with Gasteiger partial charge in [-0.2, -0.15) is 4.37 Å². The molecule has 1 aliphatic heterocycles. The molecule has 1 amide bonds. The van der Waals surface area contributed by atoms with E-state index in [2.05, 4.69) is 31.9 Å². The lowest BCUT2D eigenvalue weighted by molar-refractivity contribution is -0.138. The summed E-state index contributed by atoms with van der Waals surface area (Å²) in [4.78, 5) is 23.8. The monoisotopic (exact) mass is 346 g/mol. The lowest BCUT2D eigenvalue weighted by Gasteiger charge is -2.30. The third-order valence-electron chi connectivity index (χ3n) is 4.12. The fourth-order valence-corrected chi connectivity index (χ4v) is 3.52. The van der Waals surface area contributed by atoms with Gasteiger partial charge in [-0.25, -0.2) is 10.5 Å². The van der Waals surface area contributed by atoms with Crippen LogP contribution in [0.15, 0.2) is 30.3 Å². The van der Waals surface area contributed by atoms with E-state index in [-0.39, 0.29) is 11.8 Å². The molecule has 0 radical (unpaired) electrons. The lowest BCUT2D eigenvalue weighted by atomic mass is 9.96. The molecule has 0 atom stereocenters. The van der Waals surface area contributed by atoms with Gasteiger partial charge in [-0.1, -0.05) is 30.3 Å². The van der Waals surface area contributed by atoms with Crippen LogP contribution in [0.25, 0.3) is 0 Å². The number of anilines is 1. The minimum atomic E-state index is -0.0152. The molecular formula is C17H22N4O2S. The van der Waals surface area contributed by atoms with Gasteiger partial charge in [-0.05, 0) is 25.3 Å². The van der Waals surface area contributed by atoms with Crippen LogP contribution in [0.3, 0.4) is 0 Å². The molecule has 128 valence electrons. The Morgan fingerprint density at radius 3 is 2.79 bits per heavy atom. The van der Waals surface area contributed by atoms with Crippen LogP contribution in [0.1, 0.15) is 31.2 Å². The minimum Gasteiger partial charge on any atom is -0.347 e. The number of aromatic nitrogens is 2. The number of carbonyl (C=O) groups is 1. The largest absolute Gasteiger partial charge is 0.347 e. The zero-order valence-electron chi connectivity index (χ0n) is 13.8. The van der Waals surface area contributed by atoms with Crippen molar-refractivity contribution >= 4 is 22.6 Å². The third kappa shape index (κ3) is 4.30. The SMILES string of the molecule is CCONC(=O)C1CCN(c2nc(Cc3ccccc3)ns2)CC1. The summed E-state index contributed by atoms with van der Waals surface area (Å²) in [6.45, 7) is 3.99. The van der Waals surface area contributed by atoms with E-state index in [4.69, 9.17) is 4.84 Å². The predicted molar refractivity (Wildman–Crippen MR) is 93.9 cm³/mol. The van der Waals surface area contributed by atoms with Crippen molar-refractivity contribution in [3.63, 3.8) is 0 Å². The number of hydroxylamine groups is 1. The number of benzene rings is 1. The van der Waals surface area contributed by atoms with Gasteiger partial charge in [0.15, 0.2) is 0 Å².